The van der Waals surface area contributed by atoms with Crippen molar-refractivity contribution in [3.8, 4) is 11.1 Å². The molecule has 248 valence electrons. The Hall–Kier alpha value is -3.41. The summed E-state index contributed by atoms with van der Waals surface area (Å²) in [6.45, 7) is 4.94. The summed E-state index contributed by atoms with van der Waals surface area (Å²) in [4.78, 5) is 2.74. The van der Waals surface area contributed by atoms with Gasteiger partial charge in [0.15, 0.2) is 6.29 Å². The zero-order valence-electron chi connectivity index (χ0n) is 27.0. The number of nitrogens with one attached hydrogen (secondary N) is 1. The van der Waals surface area contributed by atoms with Crippen molar-refractivity contribution in [3.05, 3.63) is 125 Å². The summed E-state index contributed by atoms with van der Waals surface area (Å²) >= 11 is 0. The van der Waals surface area contributed by atoms with Gasteiger partial charge in [0.25, 0.3) is 0 Å². The molecule has 2 heterocycles. The summed E-state index contributed by atoms with van der Waals surface area (Å²) < 4.78 is 47.1. The zero-order chi connectivity index (χ0) is 32.8. The number of aliphatic hydroxyl groups is 1. The fourth-order valence-corrected chi connectivity index (χ4v) is 7.67. The third-order valence-corrected chi connectivity index (χ3v) is 10.8. The van der Waals surface area contributed by atoms with Crippen LogP contribution in [0.2, 0.25) is 0 Å². The van der Waals surface area contributed by atoms with Gasteiger partial charge in [0.05, 0.1) is 30.3 Å². The Morgan fingerprint density at radius 2 is 1.62 bits per heavy atom. The molecule has 4 aromatic rings. The molecule has 2 fully saturated rings. The van der Waals surface area contributed by atoms with Crippen LogP contribution >= 0.6 is 0 Å². The SMILES string of the molecule is COC[C@@H]1CCCN1C[C@@H]1O[C@H](c2ccc(-c3cccc(CNS(=O)(=O)c4ccccc4)c3)cc2)O[C@H](c2ccc(CO)cc2)[C@@H]1C. The van der Waals surface area contributed by atoms with Crippen LogP contribution < -0.4 is 4.72 Å². The Kier molecular flexibility index (Phi) is 10.8. The van der Waals surface area contributed by atoms with Crippen molar-refractivity contribution < 1.29 is 27.7 Å². The molecule has 0 bridgehead atoms. The molecule has 0 unspecified atom stereocenters. The van der Waals surface area contributed by atoms with Gasteiger partial charge < -0.3 is 19.3 Å². The first-order valence-corrected chi connectivity index (χ1v) is 17.8. The van der Waals surface area contributed by atoms with Crippen LogP contribution in [0.1, 0.15) is 54.4 Å². The number of rotatable bonds is 12. The van der Waals surface area contributed by atoms with E-state index in [1.807, 2.05) is 60.7 Å². The van der Waals surface area contributed by atoms with Gasteiger partial charge >= 0.3 is 0 Å². The fourth-order valence-electron chi connectivity index (χ4n) is 6.63. The smallest absolute Gasteiger partial charge is 0.240 e. The first-order valence-electron chi connectivity index (χ1n) is 16.3. The molecule has 2 aliphatic heterocycles. The number of aliphatic hydroxyl groups excluding tert-OH is 1. The molecule has 9 heteroatoms. The lowest BCUT2D eigenvalue weighted by Crippen LogP contribution is -2.46. The van der Waals surface area contributed by atoms with Crippen LogP contribution in [0.3, 0.4) is 0 Å². The highest BCUT2D eigenvalue weighted by Gasteiger charge is 2.40. The van der Waals surface area contributed by atoms with Crippen molar-refractivity contribution in [3.63, 3.8) is 0 Å². The Morgan fingerprint density at radius 1 is 0.872 bits per heavy atom. The molecule has 4 aromatic carbocycles. The van der Waals surface area contributed by atoms with Crippen LogP contribution in [-0.4, -0.2) is 57.4 Å². The van der Waals surface area contributed by atoms with Gasteiger partial charge in [0.2, 0.25) is 10.0 Å². The molecule has 0 aromatic heterocycles. The first kappa shape index (κ1) is 33.5. The molecule has 0 aliphatic carbocycles. The molecular formula is C38H44N2O6S. The minimum atomic E-state index is -3.60. The Labute approximate surface area is 278 Å². The minimum absolute atomic E-state index is 0.00409. The third kappa shape index (κ3) is 8.01. The van der Waals surface area contributed by atoms with Crippen molar-refractivity contribution in [1.29, 1.82) is 0 Å². The van der Waals surface area contributed by atoms with Gasteiger partial charge in [-0.1, -0.05) is 91.9 Å². The van der Waals surface area contributed by atoms with Crippen LogP contribution in [0.5, 0.6) is 0 Å². The van der Waals surface area contributed by atoms with Gasteiger partial charge in [-0.2, -0.15) is 0 Å². The Bertz CT molecular complexity index is 1700. The molecule has 0 amide bonds. The normalized spacial score (nSPS) is 23.6. The summed E-state index contributed by atoms with van der Waals surface area (Å²) in [6.07, 6.45) is 1.51. The molecule has 6 rings (SSSR count). The number of ether oxygens (including phenoxy) is 3. The molecule has 8 nitrogen and oxygen atoms in total. The maximum atomic E-state index is 12.7. The zero-order valence-corrected chi connectivity index (χ0v) is 27.8. The van der Waals surface area contributed by atoms with E-state index in [9.17, 15) is 13.5 Å². The highest BCUT2D eigenvalue weighted by molar-refractivity contribution is 7.89. The molecule has 47 heavy (non-hydrogen) atoms. The van der Waals surface area contributed by atoms with E-state index in [-0.39, 0.29) is 36.2 Å². The summed E-state index contributed by atoms with van der Waals surface area (Å²) in [5, 5.41) is 9.58. The quantitative estimate of drug-likeness (QED) is 0.187. The Balaban J connectivity index is 1.19. The maximum Gasteiger partial charge on any atom is 0.240 e. The van der Waals surface area contributed by atoms with E-state index in [0.717, 1.165) is 59.3 Å². The molecular weight excluding hydrogens is 612 g/mol. The fraction of sp³-hybridized carbons (Fsp3) is 0.368. The van der Waals surface area contributed by atoms with Gasteiger partial charge in [0, 0.05) is 37.7 Å². The third-order valence-electron chi connectivity index (χ3n) is 9.36. The van der Waals surface area contributed by atoms with E-state index in [0.29, 0.717) is 12.6 Å². The van der Waals surface area contributed by atoms with E-state index < -0.39 is 16.3 Å². The maximum absolute atomic E-state index is 12.7. The molecule has 0 radical (unpaired) electrons. The lowest BCUT2D eigenvalue weighted by Gasteiger charge is -2.43. The monoisotopic (exact) mass is 656 g/mol. The minimum Gasteiger partial charge on any atom is -0.392 e. The number of hydrogen-bond acceptors (Lipinski definition) is 7. The van der Waals surface area contributed by atoms with Crippen molar-refractivity contribution in [2.75, 3.05) is 26.8 Å². The van der Waals surface area contributed by atoms with Gasteiger partial charge in [-0.25, -0.2) is 13.1 Å². The number of benzene rings is 4. The van der Waals surface area contributed by atoms with E-state index >= 15 is 0 Å². The van der Waals surface area contributed by atoms with Crippen molar-refractivity contribution in [1.82, 2.24) is 9.62 Å². The molecule has 2 aliphatic rings. The van der Waals surface area contributed by atoms with Gasteiger partial charge in [-0.05, 0) is 65.4 Å². The second-order valence-corrected chi connectivity index (χ2v) is 14.3. The number of hydrogen-bond donors (Lipinski definition) is 2. The van der Waals surface area contributed by atoms with Crippen LogP contribution in [0.4, 0.5) is 0 Å². The van der Waals surface area contributed by atoms with E-state index in [1.54, 1.807) is 37.4 Å². The predicted octanol–water partition coefficient (Wildman–Crippen LogP) is 6.23. The molecule has 0 saturated carbocycles. The highest BCUT2D eigenvalue weighted by atomic mass is 32.2. The van der Waals surface area contributed by atoms with E-state index in [1.165, 1.54) is 0 Å². The van der Waals surface area contributed by atoms with Crippen LogP contribution in [0.15, 0.2) is 108 Å². The summed E-state index contributed by atoms with van der Waals surface area (Å²) in [6, 6.07) is 32.9. The highest BCUT2D eigenvalue weighted by Crippen LogP contribution is 2.42. The van der Waals surface area contributed by atoms with E-state index in [4.69, 9.17) is 14.2 Å². The van der Waals surface area contributed by atoms with Crippen molar-refractivity contribution >= 4 is 10.0 Å². The average molecular weight is 657 g/mol. The van der Waals surface area contributed by atoms with Crippen LogP contribution in [0.25, 0.3) is 11.1 Å². The molecule has 0 spiro atoms. The van der Waals surface area contributed by atoms with Crippen LogP contribution in [-0.2, 0) is 37.4 Å². The molecule has 5 atom stereocenters. The number of nitrogens with zero attached hydrogens (tertiary/aromatic N) is 1. The lowest BCUT2D eigenvalue weighted by atomic mass is 9.89. The number of methoxy groups -OCH3 is 1. The Morgan fingerprint density at radius 3 is 2.34 bits per heavy atom. The van der Waals surface area contributed by atoms with Crippen molar-refractivity contribution in [2.24, 2.45) is 5.92 Å². The predicted molar refractivity (Wildman–Crippen MR) is 182 cm³/mol. The van der Waals surface area contributed by atoms with Gasteiger partial charge in [-0.3, -0.25) is 4.90 Å². The molecule has 2 N–H and O–H groups in total. The summed E-state index contributed by atoms with van der Waals surface area (Å²) in [5.74, 6) is 0.108. The lowest BCUT2D eigenvalue weighted by molar-refractivity contribution is -0.276. The summed E-state index contributed by atoms with van der Waals surface area (Å²) in [5.41, 5.74) is 5.74. The topological polar surface area (TPSA) is 97.3 Å². The average Bonchev–Trinajstić information content (AvgIpc) is 3.55. The van der Waals surface area contributed by atoms with Crippen molar-refractivity contribution in [2.45, 2.75) is 62.4 Å². The second-order valence-electron chi connectivity index (χ2n) is 12.5. The van der Waals surface area contributed by atoms with Crippen LogP contribution in [0, 0.1) is 5.92 Å². The summed E-state index contributed by atoms with van der Waals surface area (Å²) in [7, 11) is -1.84. The first-order chi connectivity index (χ1) is 22.8. The standard InChI is InChI=1S/C38H44N2O6S/c1-27-36(24-40-21-7-10-34(40)26-44-2)45-38(46-37(27)31-15-13-28(25-41)14-16-31)32-19-17-30(18-20-32)33-9-6-8-29(22-33)23-39-47(42,43)35-11-4-3-5-12-35/h3-6,8-9,11-20,22,27,34,36-39,41H,7,10,21,23-26H2,1-2H3/t27-,34+,36+,37+,38+/m1/s1. The largest absolute Gasteiger partial charge is 0.392 e. The van der Waals surface area contributed by atoms with E-state index in [2.05, 4.69) is 28.7 Å². The second kappa shape index (κ2) is 15.2. The van der Waals surface area contributed by atoms with Gasteiger partial charge in [0.1, 0.15) is 0 Å². The number of sulfonamides is 1. The molecule has 2 saturated heterocycles. The number of likely N-dealkylation sites (tertiary alicyclic amines) is 1. The van der Waals surface area contributed by atoms with Gasteiger partial charge in [-0.15, -0.1) is 0 Å².